The smallest absolute Gasteiger partial charge is 0.136 e. The number of fused-ring (bicyclic) bond motifs is 1. The van der Waals surface area contributed by atoms with E-state index in [9.17, 15) is 0 Å². The Bertz CT molecular complexity index is 1690. The summed E-state index contributed by atoms with van der Waals surface area (Å²) < 4.78 is 6.24. The summed E-state index contributed by atoms with van der Waals surface area (Å²) in [6.07, 6.45) is 0. The van der Waals surface area contributed by atoms with E-state index in [1.807, 2.05) is 12.1 Å². The average molecular weight is 394 g/mol. The van der Waals surface area contributed by atoms with Crippen LogP contribution in [0.15, 0.2) is 114 Å². The van der Waals surface area contributed by atoms with Gasteiger partial charge in [0.05, 0.1) is 0 Å². The van der Waals surface area contributed by atoms with Crippen LogP contribution in [0.5, 0.6) is 0 Å². The van der Waals surface area contributed by atoms with E-state index in [1.54, 1.807) is 0 Å². The third kappa shape index (κ3) is 2.38. The maximum Gasteiger partial charge on any atom is 0.136 e. The molecule has 31 heavy (non-hydrogen) atoms. The highest BCUT2D eigenvalue weighted by molar-refractivity contribution is 6.27. The van der Waals surface area contributed by atoms with Gasteiger partial charge in [-0.15, -0.1) is 0 Å². The molecule has 0 aliphatic rings. The summed E-state index contributed by atoms with van der Waals surface area (Å²) in [5.74, 6) is 0.919. The Hall–Kier alpha value is -4.10. The summed E-state index contributed by atoms with van der Waals surface area (Å²) in [5, 5.41) is 8.84. The molecular formula is C30H18O. The molecule has 7 aromatic rings. The molecule has 0 atom stereocenters. The summed E-state index contributed by atoms with van der Waals surface area (Å²) in [6, 6.07) is 38.9. The molecule has 0 saturated carbocycles. The zero-order valence-corrected chi connectivity index (χ0v) is 16.8. The zero-order chi connectivity index (χ0) is 20.4. The minimum Gasteiger partial charge on any atom is -0.456 e. The third-order valence-electron chi connectivity index (χ3n) is 6.44. The van der Waals surface area contributed by atoms with Crippen molar-refractivity contribution in [1.29, 1.82) is 0 Å². The number of hydrogen-bond acceptors (Lipinski definition) is 1. The van der Waals surface area contributed by atoms with Crippen LogP contribution < -0.4 is 0 Å². The van der Waals surface area contributed by atoms with Crippen LogP contribution in [0.25, 0.3) is 65.7 Å². The van der Waals surface area contributed by atoms with Crippen molar-refractivity contribution in [3.8, 4) is 22.5 Å². The molecule has 1 aromatic heterocycles. The van der Waals surface area contributed by atoms with E-state index in [-0.39, 0.29) is 0 Å². The van der Waals surface area contributed by atoms with Crippen LogP contribution in [0.1, 0.15) is 0 Å². The number of hydrogen-bond donors (Lipinski definition) is 0. The normalized spacial score (nSPS) is 11.9. The summed E-state index contributed by atoms with van der Waals surface area (Å²) >= 11 is 0. The van der Waals surface area contributed by atoms with E-state index in [2.05, 4.69) is 97.1 Å². The highest BCUT2D eigenvalue weighted by atomic mass is 16.3. The fourth-order valence-electron chi connectivity index (χ4n) is 5.00. The molecule has 0 aliphatic carbocycles. The van der Waals surface area contributed by atoms with Crippen LogP contribution in [0.3, 0.4) is 0 Å². The van der Waals surface area contributed by atoms with Crippen molar-refractivity contribution in [1.82, 2.24) is 0 Å². The van der Waals surface area contributed by atoms with Crippen molar-refractivity contribution in [2.45, 2.75) is 0 Å². The summed E-state index contributed by atoms with van der Waals surface area (Å²) in [5.41, 5.74) is 4.59. The number of para-hydroxylation sites is 1. The van der Waals surface area contributed by atoms with Gasteiger partial charge in [-0.3, -0.25) is 0 Å². The fourth-order valence-corrected chi connectivity index (χ4v) is 5.00. The van der Waals surface area contributed by atoms with Crippen molar-refractivity contribution in [3.05, 3.63) is 109 Å². The molecule has 0 radical (unpaired) electrons. The molecule has 0 bridgehead atoms. The Morgan fingerprint density at radius 2 is 1.06 bits per heavy atom. The van der Waals surface area contributed by atoms with Crippen molar-refractivity contribution in [2.24, 2.45) is 0 Å². The minimum atomic E-state index is 0.919. The van der Waals surface area contributed by atoms with E-state index in [0.717, 1.165) is 22.3 Å². The Balaban J connectivity index is 1.59. The summed E-state index contributed by atoms with van der Waals surface area (Å²) in [7, 11) is 0. The SMILES string of the molecule is c1ccc(-c2ccc3ccc4c(-c5cc6ccccc6o5)ccc5ccc2c3c54)cc1. The molecule has 0 spiro atoms. The van der Waals surface area contributed by atoms with Crippen molar-refractivity contribution in [3.63, 3.8) is 0 Å². The van der Waals surface area contributed by atoms with Crippen molar-refractivity contribution in [2.75, 3.05) is 0 Å². The lowest BCUT2D eigenvalue weighted by Gasteiger charge is -2.15. The van der Waals surface area contributed by atoms with Gasteiger partial charge in [0.1, 0.15) is 11.3 Å². The molecule has 0 N–H and O–H groups in total. The second kappa shape index (κ2) is 6.20. The Kier molecular flexibility index (Phi) is 3.33. The molecule has 0 aliphatic heterocycles. The lowest BCUT2D eigenvalue weighted by molar-refractivity contribution is 0.632. The summed E-state index contributed by atoms with van der Waals surface area (Å²) in [6.45, 7) is 0. The first-order valence-corrected chi connectivity index (χ1v) is 10.6. The molecule has 6 aromatic carbocycles. The van der Waals surface area contributed by atoms with Crippen LogP contribution in [0.2, 0.25) is 0 Å². The first kappa shape index (κ1) is 16.7. The van der Waals surface area contributed by atoms with Crippen molar-refractivity contribution < 1.29 is 4.42 Å². The molecule has 0 amide bonds. The third-order valence-corrected chi connectivity index (χ3v) is 6.44. The van der Waals surface area contributed by atoms with Gasteiger partial charge in [-0.25, -0.2) is 0 Å². The number of rotatable bonds is 2. The predicted octanol–water partition coefficient (Wildman–Crippen LogP) is 8.66. The molecule has 0 unspecified atom stereocenters. The van der Waals surface area contributed by atoms with E-state index in [4.69, 9.17) is 4.42 Å². The van der Waals surface area contributed by atoms with E-state index in [1.165, 1.54) is 43.4 Å². The van der Waals surface area contributed by atoms with Gasteiger partial charge < -0.3 is 4.42 Å². The van der Waals surface area contributed by atoms with E-state index >= 15 is 0 Å². The van der Waals surface area contributed by atoms with Gasteiger partial charge in [-0.05, 0) is 61.6 Å². The number of benzene rings is 6. The summed E-state index contributed by atoms with van der Waals surface area (Å²) in [4.78, 5) is 0. The molecule has 7 rings (SSSR count). The monoisotopic (exact) mass is 394 g/mol. The highest BCUT2D eigenvalue weighted by Crippen LogP contribution is 2.42. The second-order valence-electron chi connectivity index (χ2n) is 8.16. The highest BCUT2D eigenvalue weighted by Gasteiger charge is 2.16. The maximum atomic E-state index is 6.24. The number of furan rings is 1. The van der Waals surface area contributed by atoms with Gasteiger partial charge in [0.25, 0.3) is 0 Å². The van der Waals surface area contributed by atoms with Crippen molar-refractivity contribution >= 4 is 43.3 Å². The van der Waals surface area contributed by atoms with Gasteiger partial charge in [-0.1, -0.05) is 91.0 Å². The minimum absolute atomic E-state index is 0.919. The molecular weight excluding hydrogens is 376 g/mol. The van der Waals surface area contributed by atoms with Crippen LogP contribution in [0, 0.1) is 0 Å². The first-order chi connectivity index (χ1) is 15.4. The van der Waals surface area contributed by atoms with E-state index in [0.29, 0.717) is 0 Å². The first-order valence-electron chi connectivity index (χ1n) is 10.6. The Labute approximate surface area is 179 Å². The fraction of sp³-hybridized carbons (Fsp3) is 0. The zero-order valence-electron chi connectivity index (χ0n) is 16.8. The largest absolute Gasteiger partial charge is 0.456 e. The van der Waals surface area contributed by atoms with Crippen LogP contribution in [-0.2, 0) is 0 Å². The molecule has 1 heteroatoms. The maximum absolute atomic E-state index is 6.24. The predicted molar refractivity (Wildman–Crippen MR) is 131 cm³/mol. The Morgan fingerprint density at radius 1 is 0.452 bits per heavy atom. The molecule has 0 saturated heterocycles. The quantitative estimate of drug-likeness (QED) is 0.267. The lowest BCUT2D eigenvalue weighted by Crippen LogP contribution is -1.88. The molecule has 0 fully saturated rings. The van der Waals surface area contributed by atoms with Crippen LogP contribution in [0.4, 0.5) is 0 Å². The second-order valence-corrected chi connectivity index (χ2v) is 8.16. The molecule has 1 nitrogen and oxygen atoms in total. The van der Waals surface area contributed by atoms with Gasteiger partial charge >= 0.3 is 0 Å². The lowest BCUT2D eigenvalue weighted by atomic mass is 9.88. The molecule has 144 valence electrons. The van der Waals surface area contributed by atoms with Crippen LogP contribution in [-0.4, -0.2) is 0 Å². The van der Waals surface area contributed by atoms with Crippen LogP contribution >= 0.6 is 0 Å². The molecule has 1 heterocycles. The standard InChI is InChI=1S/C30H18O/c1-2-6-19(7-3-1)23-14-10-20-13-17-26-24(28-18-22-8-4-5-9-27(22)31-28)15-11-21-12-16-25(23)29(20)30(21)26/h1-18H. The van der Waals surface area contributed by atoms with Gasteiger partial charge in [0.15, 0.2) is 0 Å². The van der Waals surface area contributed by atoms with Gasteiger partial charge in [0, 0.05) is 10.9 Å². The topological polar surface area (TPSA) is 13.1 Å². The Morgan fingerprint density at radius 3 is 1.81 bits per heavy atom. The van der Waals surface area contributed by atoms with Gasteiger partial charge in [0.2, 0.25) is 0 Å². The van der Waals surface area contributed by atoms with Gasteiger partial charge in [-0.2, -0.15) is 0 Å². The average Bonchev–Trinajstić information content (AvgIpc) is 3.27. The van der Waals surface area contributed by atoms with E-state index < -0.39 is 0 Å².